The van der Waals surface area contributed by atoms with Gasteiger partial charge in [-0.15, -0.1) is 0 Å². The highest BCUT2D eigenvalue weighted by molar-refractivity contribution is 5.32. The number of nitrogens with one attached hydrogen (secondary N) is 1. The summed E-state index contributed by atoms with van der Waals surface area (Å²) >= 11 is 0. The van der Waals surface area contributed by atoms with Crippen molar-refractivity contribution >= 4 is 0 Å². The highest BCUT2D eigenvalue weighted by Crippen LogP contribution is 2.37. The first-order valence-electron chi connectivity index (χ1n) is 5.43. The zero-order valence-corrected chi connectivity index (χ0v) is 9.26. The first kappa shape index (κ1) is 11.3. The van der Waals surface area contributed by atoms with Gasteiger partial charge >= 0.3 is 0 Å². The van der Waals surface area contributed by atoms with Gasteiger partial charge in [0.05, 0.1) is 0 Å². The molecule has 0 bridgehead atoms. The molecule has 0 radical (unpaired) electrons. The maximum Gasteiger partial charge on any atom is 0.129 e. The van der Waals surface area contributed by atoms with Gasteiger partial charge in [0.25, 0.3) is 0 Å². The van der Waals surface area contributed by atoms with Gasteiger partial charge in [-0.25, -0.2) is 8.78 Å². The second kappa shape index (κ2) is 4.34. The van der Waals surface area contributed by atoms with Gasteiger partial charge in [0.1, 0.15) is 11.6 Å². The van der Waals surface area contributed by atoms with Crippen molar-refractivity contribution in [1.29, 1.82) is 0 Å². The van der Waals surface area contributed by atoms with Crippen LogP contribution in [0.15, 0.2) is 30.4 Å². The Morgan fingerprint density at radius 2 is 1.94 bits per heavy atom. The predicted octanol–water partition coefficient (Wildman–Crippen LogP) is 2.77. The Balaban J connectivity index is 2.39. The molecule has 0 unspecified atom stereocenters. The number of hydrogen-bond acceptors (Lipinski definition) is 1. The van der Waals surface area contributed by atoms with Crippen LogP contribution in [0.3, 0.4) is 0 Å². The van der Waals surface area contributed by atoms with Crippen LogP contribution in [0.4, 0.5) is 8.78 Å². The summed E-state index contributed by atoms with van der Waals surface area (Å²) in [5, 5.41) is 3.09. The lowest BCUT2D eigenvalue weighted by molar-refractivity contribution is 0.411. The third kappa shape index (κ3) is 1.87. The molecule has 2 rings (SSSR count). The Kier molecular flexibility index (Phi) is 3.06. The van der Waals surface area contributed by atoms with Crippen molar-refractivity contribution in [1.82, 2.24) is 5.32 Å². The molecule has 0 spiro atoms. The average molecular weight is 223 g/mol. The Morgan fingerprint density at radius 1 is 1.25 bits per heavy atom. The average Bonchev–Trinajstić information content (AvgIpc) is 2.67. The lowest BCUT2D eigenvalue weighted by Crippen LogP contribution is -2.35. The van der Waals surface area contributed by atoms with Crippen molar-refractivity contribution in [3.8, 4) is 0 Å². The molecule has 1 aromatic carbocycles. The van der Waals surface area contributed by atoms with E-state index in [2.05, 4.69) is 17.5 Å². The highest BCUT2D eigenvalue weighted by atomic mass is 19.1. The highest BCUT2D eigenvalue weighted by Gasteiger charge is 2.34. The smallest absolute Gasteiger partial charge is 0.129 e. The maximum atomic E-state index is 13.8. The number of allylic oxidation sites excluding steroid dienone is 2. The standard InChI is InChI=1S/C13H15F2N/c1-16-9-13(6-2-3-7-13)11-5-4-10(14)8-12(11)15/h2-5,8,16H,6-7,9H2,1H3. The molecule has 1 aromatic rings. The van der Waals surface area contributed by atoms with E-state index in [4.69, 9.17) is 0 Å². The van der Waals surface area contributed by atoms with Crippen LogP contribution >= 0.6 is 0 Å². The molecule has 0 aromatic heterocycles. The molecular weight excluding hydrogens is 208 g/mol. The van der Waals surface area contributed by atoms with Crippen molar-refractivity contribution in [2.75, 3.05) is 13.6 Å². The van der Waals surface area contributed by atoms with Gasteiger partial charge in [-0.2, -0.15) is 0 Å². The normalized spacial score (nSPS) is 17.9. The first-order chi connectivity index (χ1) is 7.68. The minimum atomic E-state index is -0.521. The topological polar surface area (TPSA) is 12.0 Å². The Morgan fingerprint density at radius 3 is 2.50 bits per heavy atom. The van der Waals surface area contributed by atoms with E-state index in [1.807, 2.05) is 7.05 Å². The zero-order chi connectivity index (χ0) is 11.6. The third-order valence-electron chi connectivity index (χ3n) is 3.20. The van der Waals surface area contributed by atoms with Crippen LogP contribution in [0, 0.1) is 11.6 Å². The van der Waals surface area contributed by atoms with Crippen LogP contribution in [0.1, 0.15) is 18.4 Å². The van der Waals surface area contributed by atoms with Crippen LogP contribution in [0.25, 0.3) is 0 Å². The van der Waals surface area contributed by atoms with Gasteiger partial charge in [-0.05, 0) is 31.5 Å². The molecule has 1 nitrogen and oxygen atoms in total. The van der Waals surface area contributed by atoms with Crippen molar-refractivity contribution in [2.24, 2.45) is 0 Å². The van der Waals surface area contributed by atoms with Gasteiger partial charge in [-0.1, -0.05) is 18.2 Å². The molecule has 1 aliphatic rings. The van der Waals surface area contributed by atoms with E-state index in [1.54, 1.807) is 6.07 Å². The van der Waals surface area contributed by atoms with E-state index in [0.29, 0.717) is 12.1 Å². The van der Waals surface area contributed by atoms with Crippen molar-refractivity contribution < 1.29 is 8.78 Å². The molecule has 0 amide bonds. The molecule has 0 aliphatic heterocycles. The van der Waals surface area contributed by atoms with Crippen LogP contribution in [-0.2, 0) is 5.41 Å². The fourth-order valence-electron chi connectivity index (χ4n) is 2.42. The molecular formula is C13H15F2N. The summed E-state index contributed by atoms with van der Waals surface area (Å²) in [4.78, 5) is 0. The number of hydrogen-bond donors (Lipinski definition) is 1. The summed E-state index contributed by atoms with van der Waals surface area (Å²) in [6, 6.07) is 3.86. The predicted molar refractivity (Wildman–Crippen MR) is 60.3 cm³/mol. The molecule has 86 valence electrons. The summed E-state index contributed by atoms with van der Waals surface area (Å²) < 4.78 is 26.6. The van der Waals surface area contributed by atoms with Crippen LogP contribution in [0.5, 0.6) is 0 Å². The first-order valence-corrected chi connectivity index (χ1v) is 5.43. The van der Waals surface area contributed by atoms with Gasteiger partial charge in [0, 0.05) is 18.0 Å². The summed E-state index contributed by atoms with van der Waals surface area (Å²) in [6.07, 6.45) is 5.72. The van der Waals surface area contributed by atoms with Crippen LogP contribution in [-0.4, -0.2) is 13.6 Å². The largest absolute Gasteiger partial charge is 0.319 e. The van der Waals surface area contributed by atoms with E-state index in [-0.39, 0.29) is 5.41 Å². The Bertz CT molecular complexity index is 404. The molecule has 0 saturated carbocycles. The maximum absolute atomic E-state index is 13.8. The second-order valence-corrected chi connectivity index (χ2v) is 4.31. The summed E-state index contributed by atoms with van der Waals surface area (Å²) in [6.45, 7) is 0.697. The summed E-state index contributed by atoms with van der Waals surface area (Å²) in [5.74, 6) is -0.967. The fourth-order valence-corrected chi connectivity index (χ4v) is 2.42. The third-order valence-corrected chi connectivity index (χ3v) is 3.20. The summed E-state index contributed by atoms with van der Waals surface area (Å²) in [7, 11) is 1.85. The molecule has 0 saturated heterocycles. The van der Waals surface area contributed by atoms with E-state index in [9.17, 15) is 8.78 Å². The quantitative estimate of drug-likeness (QED) is 0.777. The second-order valence-electron chi connectivity index (χ2n) is 4.31. The number of rotatable bonds is 3. The minimum Gasteiger partial charge on any atom is -0.319 e. The van der Waals surface area contributed by atoms with Gasteiger partial charge in [0.2, 0.25) is 0 Å². The SMILES string of the molecule is CNCC1(c2ccc(F)cc2F)CC=CC1. The van der Waals surface area contributed by atoms with Crippen molar-refractivity contribution in [2.45, 2.75) is 18.3 Å². The minimum absolute atomic E-state index is 0.244. The monoisotopic (exact) mass is 223 g/mol. The lowest BCUT2D eigenvalue weighted by atomic mass is 9.78. The van der Waals surface area contributed by atoms with E-state index in [1.165, 1.54) is 6.07 Å². The van der Waals surface area contributed by atoms with Crippen molar-refractivity contribution in [3.05, 3.63) is 47.5 Å². The number of benzene rings is 1. The van der Waals surface area contributed by atoms with Gasteiger partial charge in [0.15, 0.2) is 0 Å². The molecule has 1 aliphatic carbocycles. The number of halogens is 2. The zero-order valence-electron chi connectivity index (χ0n) is 9.26. The summed E-state index contributed by atoms with van der Waals surface area (Å²) in [5.41, 5.74) is 0.361. The molecule has 0 heterocycles. The van der Waals surface area contributed by atoms with Gasteiger partial charge in [-0.3, -0.25) is 0 Å². The molecule has 16 heavy (non-hydrogen) atoms. The Labute approximate surface area is 94.2 Å². The fraction of sp³-hybridized carbons (Fsp3) is 0.385. The van der Waals surface area contributed by atoms with E-state index in [0.717, 1.165) is 18.9 Å². The molecule has 0 fully saturated rings. The molecule has 1 N–H and O–H groups in total. The Hall–Kier alpha value is -1.22. The lowest BCUT2D eigenvalue weighted by Gasteiger charge is -2.29. The van der Waals surface area contributed by atoms with Gasteiger partial charge < -0.3 is 5.32 Å². The van der Waals surface area contributed by atoms with E-state index >= 15 is 0 Å². The molecule has 0 atom stereocenters. The van der Waals surface area contributed by atoms with Crippen LogP contribution < -0.4 is 5.32 Å². The van der Waals surface area contributed by atoms with Crippen LogP contribution in [0.2, 0.25) is 0 Å². The number of likely N-dealkylation sites (N-methyl/N-ethyl adjacent to an activating group) is 1. The van der Waals surface area contributed by atoms with E-state index < -0.39 is 11.6 Å². The van der Waals surface area contributed by atoms with Crippen molar-refractivity contribution in [3.63, 3.8) is 0 Å². The molecule has 3 heteroatoms.